The summed E-state index contributed by atoms with van der Waals surface area (Å²) in [5, 5.41) is 3.00. The molecule has 4 rings (SSSR count). The number of aryl methyl sites for hydroxylation is 2. The average Bonchev–Trinajstić information content (AvgIpc) is 3.30. The van der Waals surface area contributed by atoms with E-state index in [0.717, 1.165) is 34.1 Å². The minimum Gasteiger partial charge on any atom is -0.464 e. The molecule has 2 aromatic heterocycles. The molecule has 142 valence electrons. The molecular formula is C23H23N3O2. The number of furan rings is 1. The molecule has 5 nitrogen and oxygen atoms in total. The zero-order valence-electron chi connectivity index (χ0n) is 16.1. The van der Waals surface area contributed by atoms with Gasteiger partial charge in [-0.25, -0.2) is 4.98 Å². The standard InChI is InChI=1S/C23H23N3O2/c1-16-12-13-21(28-16)17(2)24-23(27)15-14-22-25-19-10-6-7-11-20(19)26(22)18-8-4-3-5-9-18/h3-13,17H,14-15H2,1-2H3,(H,24,27). The van der Waals surface area contributed by atoms with Crippen molar-refractivity contribution in [3.63, 3.8) is 0 Å². The summed E-state index contributed by atoms with van der Waals surface area (Å²) < 4.78 is 7.72. The van der Waals surface area contributed by atoms with Crippen LogP contribution in [0.15, 0.2) is 71.1 Å². The quantitative estimate of drug-likeness (QED) is 0.531. The van der Waals surface area contributed by atoms with Crippen molar-refractivity contribution in [3.8, 4) is 5.69 Å². The number of amides is 1. The first kappa shape index (κ1) is 18.0. The number of aromatic nitrogens is 2. The maximum absolute atomic E-state index is 12.5. The number of hydrogen-bond donors (Lipinski definition) is 1. The average molecular weight is 373 g/mol. The van der Waals surface area contributed by atoms with Gasteiger partial charge >= 0.3 is 0 Å². The molecule has 0 bridgehead atoms. The number of fused-ring (bicyclic) bond motifs is 1. The van der Waals surface area contributed by atoms with Gasteiger partial charge in [0.05, 0.1) is 17.1 Å². The predicted octanol–water partition coefficient (Wildman–Crippen LogP) is 4.74. The largest absolute Gasteiger partial charge is 0.464 e. The van der Waals surface area contributed by atoms with Crippen LogP contribution in [-0.4, -0.2) is 15.5 Å². The third-order valence-electron chi connectivity index (χ3n) is 4.79. The molecule has 28 heavy (non-hydrogen) atoms. The normalized spacial score (nSPS) is 12.2. The van der Waals surface area contributed by atoms with Gasteiger partial charge in [-0.1, -0.05) is 30.3 Å². The number of imidazole rings is 1. The number of carbonyl (C=O) groups is 1. The van der Waals surface area contributed by atoms with Crippen LogP contribution in [-0.2, 0) is 11.2 Å². The fraction of sp³-hybridized carbons (Fsp3) is 0.217. The van der Waals surface area contributed by atoms with Gasteiger partial charge in [-0.2, -0.15) is 0 Å². The number of nitrogens with one attached hydrogen (secondary N) is 1. The Hall–Kier alpha value is -3.34. The summed E-state index contributed by atoms with van der Waals surface area (Å²) in [5.41, 5.74) is 3.02. The first-order valence-electron chi connectivity index (χ1n) is 9.49. The summed E-state index contributed by atoms with van der Waals surface area (Å²) in [5.74, 6) is 2.47. The third-order valence-corrected chi connectivity index (χ3v) is 4.79. The summed E-state index contributed by atoms with van der Waals surface area (Å²) >= 11 is 0. The first-order valence-corrected chi connectivity index (χ1v) is 9.49. The SMILES string of the molecule is Cc1ccc(C(C)NC(=O)CCc2nc3ccccc3n2-c2ccccc2)o1. The molecule has 0 radical (unpaired) electrons. The van der Waals surface area contributed by atoms with Gasteiger partial charge in [0.15, 0.2) is 0 Å². The first-order chi connectivity index (χ1) is 13.6. The lowest BCUT2D eigenvalue weighted by atomic mass is 10.2. The second-order valence-electron chi connectivity index (χ2n) is 6.93. The molecular weight excluding hydrogens is 350 g/mol. The second-order valence-corrected chi connectivity index (χ2v) is 6.93. The van der Waals surface area contributed by atoms with Crippen LogP contribution in [0.4, 0.5) is 0 Å². The van der Waals surface area contributed by atoms with E-state index in [0.29, 0.717) is 12.8 Å². The van der Waals surface area contributed by atoms with Crippen LogP contribution in [0.1, 0.15) is 36.7 Å². The van der Waals surface area contributed by atoms with Crippen LogP contribution in [0.2, 0.25) is 0 Å². The third kappa shape index (κ3) is 3.69. The smallest absolute Gasteiger partial charge is 0.221 e. The Labute approximate surface area is 164 Å². The Bertz CT molecular complexity index is 1100. The highest BCUT2D eigenvalue weighted by Crippen LogP contribution is 2.22. The summed E-state index contributed by atoms with van der Waals surface area (Å²) in [6.45, 7) is 3.82. The Morgan fingerprint density at radius 1 is 1.07 bits per heavy atom. The molecule has 5 heteroatoms. The van der Waals surface area contributed by atoms with Crippen LogP contribution in [0.3, 0.4) is 0 Å². The van der Waals surface area contributed by atoms with Gasteiger partial charge in [0.25, 0.3) is 0 Å². The topological polar surface area (TPSA) is 60.1 Å². The summed E-state index contributed by atoms with van der Waals surface area (Å²) in [4.78, 5) is 17.2. The van der Waals surface area contributed by atoms with Gasteiger partial charge in [-0.15, -0.1) is 0 Å². The van der Waals surface area contributed by atoms with Crippen molar-refractivity contribution in [3.05, 3.63) is 84.1 Å². The number of rotatable bonds is 6. The Morgan fingerprint density at radius 3 is 2.57 bits per heavy atom. The van der Waals surface area contributed by atoms with E-state index in [1.807, 2.05) is 62.4 Å². The van der Waals surface area contributed by atoms with E-state index in [1.54, 1.807) is 0 Å². The van der Waals surface area contributed by atoms with Gasteiger partial charge in [-0.3, -0.25) is 9.36 Å². The molecule has 1 amide bonds. The molecule has 1 unspecified atom stereocenters. The van der Waals surface area contributed by atoms with Crippen LogP contribution >= 0.6 is 0 Å². The van der Waals surface area contributed by atoms with Crippen molar-refractivity contribution < 1.29 is 9.21 Å². The zero-order valence-corrected chi connectivity index (χ0v) is 16.1. The van der Waals surface area contributed by atoms with E-state index in [4.69, 9.17) is 9.40 Å². The Balaban J connectivity index is 1.52. The lowest BCUT2D eigenvalue weighted by Gasteiger charge is -2.12. The van der Waals surface area contributed by atoms with E-state index >= 15 is 0 Å². The Morgan fingerprint density at radius 2 is 1.82 bits per heavy atom. The van der Waals surface area contributed by atoms with Gasteiger partial charge in [0.1, 0.15) is 17.3 Å². The van der Waals surface area contributed by atoms with Gasteiger partial charge < -0.3 is 9.73 Å². The van der Waals surface area contributed by atoms with Gasteiger partial charge in [-0.05, 0) is 50.2 Å². The molecule has 0 saturated heterocycles. The zero-order chi connectivity index (χ0) is 19.5. The molecule has 0 aliphatic heterocycles. The molecule has 0 fully saturated rings. The fourth-order valence-electron chi connectivity index (χ4n) is 3.41. The highest BCUT2D eigenvalue weighted by Gasteiger charge is 2.16. The fourth-order valence-corrected chi connectivity index (χ4v) is 3.41. The lowest BCUT2D eigenvalue weighted by molar-refractivity contribution is -0.121. The number of hydrogen-bond acceptors (Lipinski definition) is 3. The summed E-state index contributed by atoms with van der Waals surface area (Å²) in [6.07, 6.45) is 0.916. The minimum atomic E-state index is -0.158. The van der Waals surface area contributed by atoms with Crippen molar-refractivity contribution in [2.75, 3.05) is 0 Å². The van der Waals surface area contributed by atoms with E-state index < -0.39 is 0 Å². The monoisotopic (exact) mass is 373 g/mol. The van der Waals surface area contributed by atoms with Gasteiger partial charge in [0, 0.05) is 18.5 Å². The Kier molecular flexibility index (Phi) is 4.98. The summed E-state index contributed by atoms with van der Waals surface area (Å²) in [7, 11) is 0. The highest BCUT2D eigenvalue weighted by atomic mass is 16.3. The maximum Gasteiger partial charge on any atom is 0.221 e. The molecule has 2 heterocycles. The molecule has 0 saturated carbocycles. The van der Waals surface area contributed by atoms with Crippen molar-refractivity contribution in [2.45, 2.75) is 32.7 Å². The van der Waals surface area contributed by atoms with Crippen LogP contribution in [0, 0.1) is 6.92 Å². The summed E-state index contributed by atoms with van der Waals surface area (Å²) in [6, 6.07) is 21.8. The van der Waals surface area contributed by atoms with Crippen molar-refractivity contribution in [1.29, 1.82) is 0 Å². The van der Waals surface area contributed by atoms with Crippen LogP contribution in [0.5, 0.6) is 0 Å². The van der Waals surface area contributed by atoms with E-state index in [1.165, 1.54) is 0 Å². The molecule has 1 atom stereocenters. The molecule has 1 N–H and O–H groups in total. The maximum atomic E-state index is 12.5. The second kappa shape index (κ2) is 7.72. The molecule has 4 aromatic rings. The molecule has 0 aliphatic carbocycles. The van der Waals surface area contributed by atoms with Crippen molar-refractivity contribution in [2.24, 2.45) is 0 Å². The van der Waals surface area contributed by atoms with E-state index in [9.17, 15) is 4.79 Å². The highest BCUT2D eigenvalue weighted by molar-refractivity contribution is 5.79. The van der Waals surface area contributed by atoms with Crippen molar-refractivity contribution in [1.82, 2.24) is 14.9 Å². The van der Waals surface area contributed by atoms with Crippen molar-refractivity contribution >= 4 is 16.9 Å². The predicted molar refractivity (Wildman–Crippen MR) is 109 cm³/mol. The minimum absolute atomic E-state index is 0.0202. The lowest BCUT2D eigenvalue weighted by Crippen LogP contribution is -2.26. The number of para-hydroxylation sites is 3. The van der Waals surface area contributed by atoms with Gasteiger partial charge in [0.2, 0.25) is 5.91 Å². The van der Waals surface area contributed by atoms with Crippen LogP contribution in [0.25, 0.3) is 16.7 Å². The molecule has 0 aliphatic rings. The van der Waals surface area contributed by atoms with Crippen LogP contribution < -0.4 is 5.32 Å². The van der Waals surface area contributed by atoms with E-state index in [2.05, 4.69) is 28.1 Å². The molecule has 2 aromatic carbocycles. The number of nitrogens with zero attached hydrogens (tertiary/aromatic N) is 2. The van der Waals surface area contributed by atoms with E-state index in [-0.39, 0.29) is 11.9 Å². The number of benzene rings is 2. The number of carbonyl (C=O) groups excluding carboxylic acids is 1. The molecule has 0 spiro atoms.